The zero-order valence-electron chi connectivity index (χ0n) is 16.0. The van der Waals surface area contributed by atoms with Crippen LogP contribution in [0, 0.1) is 10.1 Å². The van der Waals surface area contributed by atoms with Crippen LogP contribution in [0.3, 0.4) is 0 Å². The Balaban J connectivity index is 2.00. The minimum atomic E-state index is -0.765. The number of nitro groups is 1. The Labute approximate surface area is 176 Å². The van der Waals surface area contributed by atoms with Gasteiger partial charge < -0.3 is 10.1 Å². The summed E-state index contributed by atoms with van der Waals surface area (Å²) in [5.41, 5.74) is 2.54. The van der Waals surface area contributed by atoms with Crippen LogP contribution < -0.4 is 5.32 Å². The van der Waals surface area contributed by atoms with E-state index in [9.17, 15) is 14.9 Å². The molecule has 0 fully saturated rings. The van der Waals surface area contributed by atoms with Crippen LogP contribution in [-0.4, -0.2) is 27.1 Å². The number of anilines is 1. The highest BCUT2D eigenvalue weighted by Crippen LogP contribution is 2.42. The molecule has 0 unspecified atom stereocenters. The number of ether oxygens (including phenoxy) is 1. The average molecular weight is 425 g/mol. The number of esters is 1. The summed E-state index contributed by atoms with van der Waals surface area (Å²) < 4.78 is 7.11. The fourth-order valence-corrected chi connectivity index (χ4v) is 3.81. The van der Waals surface area contributed by atoms with Crippen molar-refractivity contribution in [3.63, 3.8) is 0 Å². The molecule has 0 spiro atoms. The molecular formula is C21H17ClN4O4. The van der Waals surface area contributed by atoms with Crippen LogP contribution in [0.1, 0.15) is 18.5 Å². The van der Waals surface area contributed by atoms with Crippen molar-refractivity contribution >= 4 is 40.2 Å². The van der Waals surface area contributed by atoms with Gasteiger partial charge in [-0.05, 0) is 25.1 Å². The molecule has 1 aliphatic heterocycles. The Morgan fingerprint density at radius 2 is 2.17 bits per heavy atom. The summed E-state index contributed by atoms with van der Waals surface area (Å²) in [4.78, 5) is 28.5. The zero-order chi connectivity index (χ0) is 21.4. The summed E-state index contributed by atoms with van der Waals surface area (Å²) in [6.45, 7) is 5.33. The largest absolute Gasteiger partial charge is 0.458 e. The number of nitrogens with zero attached hydrogens (tertiary/aromatic N) is 3. The number of nitro benzene ring substituents is 1. The van der Waals surface area contributed by atoms with Crippen LogP contribution >= 0.6 is 11.6 Å². The maximum atomic E-state index is 13.0. The lowest BCUT2D eigenvalue weighted by atomic mass is 9.94. The maximum absolute atomic E-state index is 13.0. The van der Waals surface area contributed by atoms with Gasteiger partial charge in [0.2, 0.25) is 5.95 Å². The summed E-state index contributed by atoms with van der Waals surface area (Å²) in [5.74, 6) is -0.0718. The van der Waals surface area contributed by atoms with Gasteiger partial charge in [0, 0.05) is 28.4 Å². The number of hydrogen-bond acceptors (Lipinski definition) is 6. The van der Waals surface area contributed by atoms with E-state index in [0.717, 1.165) is 5.52 Å². The number of carbonyl (C=O) groups excluding carboxylic acids is 1. The van der Waals surface area contributed by atoms with Gasteiger partial charge in [-0.3, -0.25) is 14.7 Å². The number of allylic oxidation sites excluding steroid dienone is 1. The summed E-state index contributed by atoms with van der Waals surface area (Å²) in [5, 5.41) is 14.8. The average Bonchev–Trinajstić information content (AvgIpc) is 3.09. The van der Waals surface area contributed by atoms with Gasteiger partial charge >= 0.3 is 5.97 Å². The van der Waals surface area contributed by atoms with E-state index in [4.69, 9.17) is 16.3 Å². The number of carbonyl (C=O) groups is 1. The van der Waals surface area contributed by atoms with Crippen molar-refractivity contribution in [2.24, 2.45) is 0 Å². The van der Waals surface area contributed by atoms with Crippen molar-refractivity contribution in [2.45, 2.75) is 13.0 Å². The van der Waals surface area contributed by atoms with E-state index in [2.05, 4.69) is 16.9 Å². The van der Waals surface area contributed by atoms with Gasteiger partial charge in [0.15, 0.2) is 0 Å². The lowest BCUT2D eigenvalue weighted by Gasteiger charge is -2.30. The first-order valence-electron chi connectivity index (χ1n) is 9.09. The van der Waals surface area contributed by atoms with Crippen LogP contribution in [0.15, 0.2) is 66.4 Å². The number of non-ortho nitro benzene ring substituents is 1. The molecule has 0 amide bonds. The predicted molar refractivity (Wildman–Crippen MR) is 113 cm³/mol. The van der Waals surface area contributed by atoms with Crippen LogP contribution in [0.2, 0.25) is 5.02 Å². The zero-order valence-corrected chi connectivity index (χ0v) is 16.7. The smallest absolute Gasteiger partial charge is 0.338 e. The first kappa shape index (κ1) is 19.7. The fourth-order valence-electron chi connectivity index (χ4n) is 3.59. The van der Waals surface area contributed by atoms with Crippen LogP contribution in [-0.2, 0) is 9.53 Å². The van der Waals surface area contributed by atoms with E-state index >= 15 is 0 Å². The predicted octanol–water partition coefficient (Wildman–Crippen LogP) is 4.62. The molecule has 0 bridgehead atoms. The van der Waals surface area contributed by atoms with Crippen molar-refractivity contribution in [1.82, 2.24) is 9.55 Å². The summed E-state index contributed by atoms with van der Waals surface area (Å²) in [6.07, 6.45) is 1.47. The molecule has 1 N–H and O–H groups in total. The van der Waals surface area contributed by atoms with Gasteiger partial charge in [0.25, 0.3) is 5.69 Å². The van der Waals surface area contributed by atoms with Crippen molar-refractivity contribution in [3.05, 3.63) is 87.1 Å². The van der Waals surface area contributed by atoms with Crippen molar-refractivity contribution in [1.29, 1.82) is 0 Å². The van der Waals surface area contributed by atoms with E-state index in [1.54, 1.807) is 11.5 Å². The maximum Gasteiger partial charge on any atom is 0.338 e. The Kier molecular flexibility index (Phi) is 5.01. The third-order valence-electron chi connectivity index (χ3n) is 4.87. The number of nitrogens with one attached hydrogen (secondary N) is 1. The van der Waals surface area contributed by atoms with Crippen LogP contribution in [0.25, 0.3) is 11.0 Å². The highest BCUT2D eigenvalue weighted by molar-refractivity contribution is 6.31. The molecule has 0 saturated carbocycles. The van der Waals surface area contributed by atoms with Crippen molar-refractivity contribution in [3.8, 4) is 0 Å². The van der Waals surface area contributed by atoms with Gasteiger partial charge in [0.1, 0.15) is 6.61 Å². The third kappa shape index (κ3) is 3.21. The van der Waals surface area contributed by atoms with Crippen LogP contribution in [0.4, 0.5) is 11.6 Å². The number of hydrogen-bond donors (Lipinski definition) is 1. The molecule has 2 aromatic carbocycles. The molecule has 2 heterocycles. The minimum Gasteiger partial charge on any atom is -0.458 e. The SMILES string of the molecule is C=CCOC(=O)C1=C(C)Nc2nc3ccccc3n2[C@@H]1c1cc([N+](=O)[O-])ccc1Cl. The highest BCUT2D eigenvalue weighted by Gasteiger charge is 2.36. The third-order valence-corrected chi connectivity index (χ3v) is 5.21. The van der Waals surface area contributed by atoms with Gasteiger partial charge in [-0.25, -0.2) is 9.78 Å². The molecule has 1 aliphatic rings. The lowest BCUT2D eigenvalue weighted by Crippen LogP contribution is -2.29. The summed E-state index contributed by atoms with van der Waals surface area (Å²) >= 11 is 6.47. The molecular weight excluding hydrogens is 408 g/mol. The van der Waals surface area contributed by atoms with E-state index in [1.165, 1.54) is 24.3 Å². The molecule has 0 saturated heterocycles. The number of benzene rings is 2. The number of halogens is 1. The number of fused-ring (bicyclic) bond motifs is 3. The van der Waals surface area contributed by atoms with E-state index < -0.39 is 16.9 Å². The second-order valence-corrected chi connectivity index (χ2v) is 7.12. The number of rotatable bonds is 5. The lowest BCUT2D eigenvalue weighted by molar-refractivity contribution is -0.384. The van der Waals surface area contributed by atoms with Gasteiger partial charge in [0.05, 0.1) is 27.6 Å². The molecule has 1 atom stereocenters. The molecule has 0 aliphatic carbocycles. The van der Waals surface area contributed by atoms with Gasteiger partial charge in [-0.1, -0.05) is 36.4 Å². The number of imidazole rings is 1. The Hall–Kier alpha value is -3.65. The highest BCUT2D eigenvalue weighted by atomic mass is 35.5. The fraction of sp³-hybridized carbons (Fsp3) is 0.143. The number of aromatic nitrogens is 2. The Morgan fingerprint density at radius 3 is 2.90 bits per heavy atom. The minimum absolute atomic E-state index is 0.0303. The molecule has 30 heavy (non-hydrogen) atoms. The molecule has 3 aromatic rings. The van der Waals surface area contributed by atoms with E-state index in [-0.39, 0.29) is 22.9 Å². The first-order chi connectivity index (χ1) is 14.4. The van der Waals surface area contributed by atoms with E-state index in [1.807, 2.05) is 24.3 Å². The second-order valence-electron chi connectivity index (χ2n) is 6.71. The standard InChI is InChI=1S/C21H17ClN4O4/c1-3-10-30-20(27)18-12(2)23-21-24-16-6-4-5-7-17(16)25(21)19(18)14-11-13(26(28)29)8-9-15(14)22/h3-9,11,19H,1,10H2,2H3,(H,23,24)/t19-/m1/s1. The topological polar surface area (TPSA) is 99.3 Å². The quantitative estimate of drug-likeness (QED) is 0.278. The van der Waals surface area contributed by atoms with Gasteiger partial charge in [-0.15, -0.1) is 0 Å². The molecule has 8 nitrogen and oxygen atoms in total. The molecule has 1 aromatic heterocycles. The monoisotopic (exact) mass is 424 g/mol. The molecule has 152 valence electrons. The summed E-state index contributed by atoms with van der Waals surface area (Å²) in [7, 11) is 0. The molecule has 9 heteroatoms. The van der Waals surface area contributed by atoms with Gasteiger partial charge in [-0.2, -0.15) is 0 Å². The number of para-hydroxylation sites is 2. The Bertz CT molecular complexity index is 1230. The molecule has 4 rings (SSSR count). The van der Waals surface area contributed by atoms with Crippen molar-refractivity contribution in [2.75, 3.05) is 11.9 Å². The molecule has 0 radical (unpaired) electrons. The Morgan fingerprint density at radius 1 is 1.40 bits per heavy atom. The van der Waals surface area contributed by atoms with E-state index in [0.29, 0.717) is 22.7 Å². The van der Waals surface area contributed by atoms with Crippen molar-refractivity contribution < 1.29 is 14.5 Å². The normalized spacial score (nSPS) is 15.5. The summed E-state index contributed by atoms with van der Waals surface area (Å²) in [6, 6.07) is 10.8. The first-order valence-corrected chi connectivity index (χ1v) is 9.46. The van der Waals surface area contributed by atoms with Crippen LogP contribution in [0.5, 0.6) is 0 Å². The second kappa shape index (κ2) is 7.64.